The number of thiocarbonyl (C=S) groups is 1. The molecule has 6 nitrogen and oxygen atoms in total. The molecule has 1 saturated heterocycles. The van der Waals surface area contributed by atoms with Crippen LogP contribution in [-0.4, -0.2) is 52.7 Å². The first-order chi connectivity index (χ1) is 16.5. The molecule has 3 aromatic rings. The third-order valence-corrected chi connectivity index (χ3v) is 6.75. The molecule has 0 amide bonds. The van der Waals surface area contributed by atoms with E-state index in [-0.39, 0.29) is 11.6 Å². The Balaban J connectivity index is 1.55. The van der Waals surface area contributed by atoms with E-state index in [1.54, 1.807) is 0 Å². The number of ether oxygens (including phenoxy) is 1. The molecule has 1 aliphatic rings. The number of aromatic amines is 1. The fourth-order valence-electron chi connectivity index (χ4n) is 4.43. The van der Waals surface area contributed by atoms with Crippen LogP contribution in [0.4, 0.5) is 0 Å². The fraction of sp³-hybridized carbons (Fsp3) is 0.407. The summed E-state index contributed by atoms with van der Waals surface area (Å²) in [5.41, 5.74) is 2.59. The minimum Gasteiger partial charge on any atom is -0.494 e. The minimum atomic E-state index is -0.0817. The highest BCUT2D eigenvalue weighted by Crippen LogP contribution is 2.20. The first-order valence-electron chi connectivity index (χ1n) is 12.1. The molecule has 1 aliphatic heterocycles. The summed E-state index contributed by atoms with van der Waals surface area (Å²) >= 11 is 5.85. The molecule has 4 rings (SSSR count). The van der Waals surface area contributed by atoms with Crippen molar-refractivity contribution in [1.29, 1.82) is 0 Å². The van der Waals surface area contributed by atoms with Crippen LogP contribution in [0.2, 0.25) is 0 Å². The van der Waals surface area contributed by atoms with Crippen LogP contribution in [0.5, 0.6) is 5.75 Å². The largest absolute Gasteiger partial charge is 0.494 e. The van der Waals surface area contributed by atoms with Crippen LogP contribution in [-0.2, 0) is 6.54 Å². The summed E-state index contributed by atoms with van der Waals surface area (Å²) in [7, 11) is 0. The van der Waals surface area contributed by atoms with Gasteiger partial charge in [0.05, 0.1) is 19.2 Å². The number of hydrogen-bond acceptors (Lipinski definition) is 4. The van der Waals surface area contributed by atoms with Gasteiger partial charge in [0.25, 0.3) is 5.56 Å². The molecule has 0 radical (unpaired) electrons. The number of benzene rings is 2. The highest BCUT2D eigenvalue weighted by atomic mass is 32.1. The lowest BCUT2D eigenvalue weighted by Gasteiger charge is -2.30. The number of nitrogens with zero attached hydrogens (tertiary/aromatic N) is 2. The Morgan fingerprint density at radius 1 is 1.18 bits per heavy atom. The van der Waals surface area contributed by atoms with E-state index in [4.69, 9.17) is 17.0 Å². The van der Waals surface area contributed by atoms with Crippen molar-refractivity contribution in [3.05, 3.63) is 76.1 Å². The van der Waals surface area contributed by atoms with E-state index in [9.17, 15) is 4.79 Å². The predicted molar refractivity (Wildman–Crippen MR) is 142 cm³/mol. The second-order valence-electron chi connectivity index (χ2n) is 8.86. The number of likely N-dealkylation sites (tertiary alicyclic amines) is 1. The van der Waals surface area contributed by atoms with Crippen LogP contribution in [0.3, 0.4) is 0 Å². The molecule has 2 N–H and O–H groups in total. The van der Waals surface area contributed by atoms with Crippen LogP contribution in [0, 0.1) is 0 Å². The Morgan fingerprint density at radius 2 is 1.94 bits per heavy atom. The van der Waals surface area contributed by atoms with Gasteiger partial charge < -0.3 is 24.8 Å². The van der Waals surface area contributed by atoms with Crippen molar-refractivity contribution in [3.63, 3.8) is 0 Å². The highest BCUT2D eigenvalue weighted by Gasteiger charge is 2.18. The maximum atomic E-state index is 12.9. The van der Waals surface area contributed by atoms with Crippen molar-refractivity contribution in [1.82, 2.24) is 20.1 Å². The molecule has 1 fully saturated rings. The fourth-order valence-corrected chi connectivity index (χ4v) is 4.76. The van der Waals surface area contributed by atoms with Gasteiger partial charge in [-0.05, 0) is 81.8 Å². The van der Waals surface area contributed by atoms with Crippen molar-refractivity contribution in [2.75, 3.05) is 32.8 Å². The lowest BCUT2D eigenvalue weighted by molar-refractivity contribution is 0.284. The zero-order valence-electron chi connectivity index (χ0n) is 20.0. The van der Waals surface area contributed by atoms with Crippen molar-refractivity contribution in [2.45, 2.75) is 39.3 Å². The maximum Gasteiger partial charge on any atom is 0.253 e. The molecule has 180 valence electrons. The van der Waals surface area contributed by atoms with E-state index in [1.165, 1.54) is 18.4 Å². The Kier molecular flexibility index (Phi) is 8.19. The number of rotatable bonds is 9. The first kappa shape index (κ1) is 24.2. The van der Waals surface area contributed by atoms with Gasteiger partial charge in [-0.25, -0.2) is 0 Å². The van der Waals surface area contributed by atoms with Gasteiger partial charge in [0, 0.05) is 29.6 Å². The lowest BCUT2D eigenvalue weighted by atomic mass is 10.1. The average Bonchev–Trinajstić information content (AvgIpc) is 3.36. The monoisotopic (exact) mass is 478 g/mol. The van der Waals surface area contributed by atoms with Gasteiger partial charge in [0.15, 0.2) is 5.11 Å². The summed E-state index contributed by atoms with van der Waals surface area (Å²) in [6.07, 6.45) is 2.50. The van der Waals surface area contributed by atoms with Crippen LogP contribution in [0.15, 0.2) is 59.4 Å². The van der Waals surface area contributed by atoms with Crippen LogP contribution < -0.4 is 15.6 Å². The van der Waals surface area contributed by atoms with Gasteiger partial charge in [-0.2, -0.15) is 0 Å². The van der Waals surface area contributed by atoms with E-state index in [2.05, 4.69) is 39.2 Å². The summed E-state index contributed by atoms with van der Waals surface area (Å²) in [5, 5.41) is 5.10. The van der Waals surface area contributed by atoms with Crippen molar-refractivity contribution < 1.29 is 4.74 Å². The second-order valence-corrected chi connectivity index (χ2v) is 9.24. The lowest BCUT2D eigenvalue weighted by Crippen LogP contribution is -2.44. The molecule has 2 aromatic carbocycles. The van der Waals surface area contributed by atoms with E-state index in [1.807, 2.05) is 49.4 Å². The summed E-state index contributed by atoms with van der Waals surface area (Å²) in [6.45, 7) is 9.09. The van der Waals surface area contributed by atoms with Crippen LogP contribution >= 0.6 is 12.2 Å². The van der Waals surface area contributed by atoms with E-state index >= 15 is 0 Å². The molecular weight excluding hydrogens is 444 g/mol. The van der Waals surface area contributed by atoms with Gasteiger partial charge in [0.2, 0.25) is 0 Å². The molecule has 7 heteroatoms. The molecule has 0 bridgehead atoms. The van der Waals surface area contributed by atoms with Gasteiger partial charge in [0.1, 0.15) is 5.75 Å². The number of nitrogens with one attached hydrogen (secondary N) is 2. The zero-order chi connectivity index (χ0) is 23.9. The number of hydrogen-bond donors (Lipinski definition) is 2. The van der Waals surface area contributed by atoms with Crippen LogP contribution in [0.1, 0.15) is 43.9 Å². The Bertz CT molecular complexity index is 1160. The van der Waals surface area contributed by atoms with Crippen LogP contribution in [0.25, 0.3) is 10.9 Å². The van der Waals surface area contributed by atoms with Gasteiger partial charge in [-0.15, -0.1) is 0 Å². The second kappa shape index (κ2) is 11.5. The Morgan fingerprint density at radius 3 is 2.68 bits per heavy atom. The summed E-state index contributed by atoms with van der Waals surface area (Å²) in [6, 6.07) is 18.1. The van der Waals surface area contributed by atoms with Gasteiger partial charge in [-0.3, -0.25) is 4.79 Å². The van der Waals surface area contributed by atoms with Gasteiger partial charge >= 0.3 is 0 Å². The normalized spacial score (nSPS) is 14.8. The van der Waals surface area contributed by atoms with E-state index in [0.717, 1.165) is 42.8 Å². The van der Waals surface area contributed by atoms with E-state index in [0.29, 0.717) is 23.8 Å². The molecule has 1 unspecified atom stereocenters. The molecule has 1 atom stereocenters. The van der Waals surface area contributed by atoms with Crippen molar-refractivity contribution >= 4 is 28.2 Å². The molecule has 34 heavy (non-hydrogen) atoms. The van der Waals surface area contributed by atoms with Gasteiger partial charge in [-0.1, -0.05) is 30.3 Å². The third kappa shape index (κ3) is 6.15. The standard InChI is InChI=1S/C27H34N4O2S/c1-3-33-24-11-12-25-22(18-24)17-23(26(32)29-25)19-31(16-15-30-13-7-8-14-30)27(34)28-20(2)21-9-5-4-6-10-21/h4-6,9-12,17-18,20H,3,7-8,13-16,19H2,1-2H3,(H,28,34)(H,29,32). The third-order valence-electron chi connectivity index (χ3n) is 6.38. The minimum absolute atomic E-state index is 0.0756. The molecular formula is C27H34N4O2S. The summed E-state index contributed by atoms with van der Waals surface area (Å²) in [4.78, 5) is 20.5. The smallest absolute Gasteiger partial charge is 0.253 e. The number of fused-ring (bicyclic) bond motifs is 1. The predicted octanol–water partition coefficient (Wildman–Crippen LogP) is 4.46. The molecule has 2 heterocycles. The summed E-state index contributed by atoms with van der Waals surface area (Å²) < 4.78 is 5.65. The number of aromatic nitrogens is 1. The molecule has 1 aromatic heterocycles. The SMILES string of the molecule is CCOc1ccc2[nH]c(=O)c(CN(CCN3CCCC3)C(=S)NC(C)c3ccccc3)cc2c1. The number of H-pyrrole nitrogens is 1. The topological polar surface area (TPSA) is 60.6 Å². The molecule has 0 spiro atoms. The quantitative estimate of drug-likeness (QED) is 0.443. The Hall–Kier alpha value is -2.90. The summed E-state index contributed by atoms with van der Waals surface area (Å²) in [5.74, 6) is 0.799. The van der Waals surface area contributed by atoms with Crippen molar-refractivity contribution in [2.24, 2.45) is 0 Å². The zero-order valence-corrected chi connectivity index (χ0v) is 20.9. The van der Waals surface area contributed by atoms with Crippen molar-refractivity contribution in [3.8, 4) is 5.75 Å². The highest BCUT2D eigenvalue weighted by molar-refractivity contribution is 7.80. The van der Waals surface area contributed by atoms with E-state index < -0.39 is 0 Å². The molecule has 0 saturated carbocycles. The molecule has 0 aliphatic carbocycles. The Labute approximate surface area is 206 Å². The maximum absolute atomic E-state index is 12.9. The first-order valence-corrected chi connectivity index (χ1v) is 12.6. The average molecular weight is 479 g/mol. The number of pyridine rings is 1.